The molecule has 19 nitrogen and oxygen atoms in total. The number of nitrogens with one attached hydrogen (secondary N) is 2. The molecule has 2 fully saturated rings. The van der Waals surface area contributed by atoms with Crippen LogP contribution >= 0.6 is 11.8 Å². The van der Waals surface area contributed by atoms with Gasteiger partial charge >= 0.3 is 0 Å². The highest BCUT2D eigenvalue weighted by atomic mass is 32.2. The van der Waals surface area contributed by atoms with Crippen molar-refractivity contribution in [1.82, 2.24) is 10.2 Å². The maximum atomic E-state index is 14.3. The number of thioether (sulfide) groups is 1. The third kappa shape index (κ3) is 13.8. The van der Waals surface area contributed by atoms with Gasteiger partial charge in [-0.2, -0.15) is 0 Å². The summed E-state index contributed by atoms with van der Waals surface area (Å²) in [5.74, 6) is 0.475. The molecule has 2 N–H and O–H groups in total. The molecule has 5 amide bonds. The van der Waals surface area contributed by atoms with Crippen LogP contribution in [0.5, 0.6) is 23.0 Å². The highest BCUT2D eigenvalue weighted by molar-refractivity contribution is 8.01. The van der Waals surface area contributed by atoms with Crippen molar-refractivity contribution in [3.05, 3.63) is 124 Å². The highest BCUT2D eigenvalue weighted by Gasteiger charge is 2.41. The summed E-state index contributed by atoms with van der Waals surface area (Å²) >= 11 is 1.44. The van der Waals surface area contributed by atoms with Crippen molar-refractivity contribution >= 4 is 76.5 Å². The van der Waals surface area contributed by atoms with Gasteiger partial charge in [0.1, 0.15) is 13.2 Å². The lowest BCUT2D eigenvalue weighted by Crippen LogP contribution is -2.39. The molecule has 3 atom stereocenters. The molecule has 1 aliphatic carbocycles. The number of ether oxygens (including phenoxy) is 7. The van der Waals surface area contributed by atoms with Gasteiger partial charge in [0.2, 0.25) is 17.7 Å². The van der Waals surface area contributed by atoms with Gasteiger partial charge in [-0.15, -0.1) is 11.8 Å². The molecule has 0 spiro atoms. The minimum absolute atomic E-state index is 0.0489. The molecule has 1 saturated carbocycles. The van der Waals surface area contributed by atoms with E-state index < -0.39 is 5.25 Å². The Morgan fingerprint density at radius 3 is 2.20 bits per heavy atom. The predicted molar refractivity (Wildman–Crippen MR) is 324 cm³/mol. The second-order valence-corrected chi connectivity index (χ2v) is 23.3. The van der Waals surface area contributed by atoms with Crippen LogP contribution in [0.3, 0.4) is 0 Å². The van der Waals surface area contributed by atoms with Crippen LogP contribution in [0, 0.1) is 0 Å². The Balaban J connectivity index is 0.917. The summed E-state index contributed by atoms with van der Waals surface area (Å²) in [5, 5.41) is 5.82. The van der Waals surface area contributed by atoms with E-state index in [2.05, 4.69) is 33.3 Å². The molecule has 20 heteroatoms. The van der Waals surface area contributed by atoms with E-state index in [9.17, 15) is 24.0 Å². The lowest BCUT2D eigenvalue weighted by molar-refractivity contribution is -0.138. The number of aliphatic imine (C=N–C) groups is 1. The van der Waals surface area contributed by atoms with Gasteiger partial charge in [0.15, 0.2) is 23.0 Å². The van der Waals surface area contributed by atoms with E-state index in [-0.39, 0.29) is 79.5 Å². The fourth-order valence-electron chi connectivity index (χ4n) is 11.8. The Morgan fingerprint density at radius 1 is 0.798 bits per heavy atom. The molecule has 0 bridgehead atoms. The predicted octanol–water partition coefficient (Wildman–Crippen LogP) is 8.58. The fraction of sp³-hybridized carbons (Fsp3) is 0.438. The van der Waals surface area contributed by atoms with E-state index in [1.807, 2.05) is 78.6 Å². The maximum absolute atomic E-state index is 14.3. The number of hydrogen-bond donors (Lipinski definition) is 2. The third-order valence-electron chi connectivity index (χ3n) is 16.0. The minimum Gasteiger partial charge on any atom is -0.493 e. The maximum Gasteiger partial charge on any atom is 0.260 e. The first-order valence-electron chi connectivity index (χ1n) is 29.0. The summed E-state index contributed by atoms with van der Waals surface area (Å²) in [5.41, 5.74) is 8.14. The summed E-state index contributed by atoms with van der Waals surface area (Å²) in [6.45, 7) is 10.00. The number of carbonyl (C=O) groups excluding carboxylic acids is 5. The molecule has 5 aliphatic rings. The molecule has 4 heterocycles. The number of para-hydroxylation sites is 2. The van der Waals surface area contributed by atoms with Gasteiger partial charge in [-0.05, 0) is 97.1 Å². The zero-order valence-corrected chi connectivity index (χ0v) is 49.2. The summed E-state index contributed by atoms with van der Waals surface area (Å²) in [4.78, 5) is 79.8. The van der Waals surface area contributed by atoms with Gasteiger partial charge in [-0.1, -0.05) is 56.2 Å². The van der Waals surface area contributed by atoms with E-state index >= 15 is 0 Å². The van der Waals surface area contributed by atoms with Gasteiger partial charge in [-0.25, -0.2) is 0 Å². The zero-order valence-electron chi connectivity index (χ0n) is 48.4. The lowest BCUT2D eigenvalue weighted by Gasteiger charge is -2.29. The molecule has 5 aromatic carbocycles. The average molecular weight is 1170 g/mol. The number of amides is 5. The SMILES string of the molecule is C=Nc1cc(OCc2cc(COc3cc4c(cc3OC)C(=O)N3c5ccccc5C[C@H]3CN4)cc(N(CCOCCOCCOC)C[C@H](C)SC3CC(=O)N(CCC(=O)NC4CCCC4)C3=O)c2)c(OC)cc1C(=O)N1CCc2ccccc21. The molecule has 4 aliphatic heterocycles. The first-order chi connectivity index (χ1) is 40.9. The van der Waals surface area contributed by atoms with Crippen LogP contribution in [-0.4, -0.2) is 151 Å². The summed E-state index contributed by atoms with van der Waals surface area (Å²) in [6.07, 6.45) is 5.67. The molecule has 444 valence electrons. The topological polar surface area (TPSA) is 199 Å². The van der Waals surface area contributed by atoms with Crippen molar-refractivity contribution in [3.63, 3.8) is 0 Å². The number of nitrogens with zero attached hydrogens (tertiary/aromatic N) is 5. The molecule has 0 radical (unpaired) electrons. The quantitative estimate of drug-likeness (QED) is 0.0274. The molecular formula is C64H75N7O12S. The van der Waals surface area contributed by atoms with Crippen molar-refractivity contribution in [2.24, 2.45) is 4.99 Å². The Morgan fingerprint density at radius 2 is 1.48 bits per heavy atom. The number of benzene rings is 5. The Hall–Kier alpha value is -7.65. The first-order valence-corrected chi connectivity index (χ1v) is 29.9. The van der Waals surface area contributed by atoms with Crippen LogP contribution in [0.1, 0.15) is 88.4 Å². The van der Waals surface area contributed by atoms with Gasteiger partial charge < -0.3 is 58.5 Å². The van der Waals surface area contributed by atoms with E-state index in [1.54, 1.807) is 37.3 Å². The van der Waals surface area contributed by atoms with Crippen LogP contribution in [0.25, 0.3) is 0 Å². The van der Waals surface area contributed by atoms with Gasteiger partial charge in [0.05, 0.1) is 81.0 Å². The number of imide groups is 1. The molecule has 10 rings (SSSR count). The molecule has 0 aromatic heterocycles. The van der Waals surface area contributed by atoms with Gasteiger partial charge in [-0.3, -0.25) is 33.9 Å². The number of carbonyl (C=O) groups is 5. The van der Waals surface area contributed by atoms with E-state index in [0.717, 1.165) is 77.8 Å². The number of methoxy groups -OCH3 is 3. The molecule has 1 unspecified atom stereocenters. The van der Waals surface area contributed by atoms with Crippen molar-refractivity contribution in [2.45, 2.75) is 94.1 Å². The van der Waals surface area contributed by atoms with E-state index in [1.165, 1.54) is 23.8 Å². The lowest BCUT2D eigenvalue weighted by atomic mass is 10.1. The first kappa shape index (κ1) is 59.5. The Labute approximate surface area is 495 Å². The number of anilines is 4. The largest absolute Gasteiger partial charge is 0.493 e. The fourth-order valence-corrected chi connectivity index (χ4v) is 13.1. The summed E-state index contributed by atoms with van der Waals surface area (Å²) in [6, 6.07) is 28.9. The smallest absolute Gasteiger partial charge is 0.260 e. The molecule has 84 heavy (non-hydrogen) atoms. The van der Waals surface area contributed by atoms with Gasteiger partial charge in [0, 0.05) is 93.2 Å². The van der Waals surface area contributed by atoms with E-state index in [4.69, 9.17) is 33.2 Å². The molecule has 5 aromatic rings. The molecule has 1 saturated heterocycles. The number of rotatable bonds is 28. The monoisotopic (exact) mass is 1170 g/mol. The van der Waals surface area contributed by atoms with Crippen molar-refractivity contribution < 1.29 is 57.1 Å². The van der Waals surface area contributed by atoms with Crippen LogP contribution in [0.15, 0.2) is 96.0 Å². The Bertz CT molecular complexity index is 3230. The number of hydrogen-bond acceptors (Lipinski definition) is 16. The van der Waals surface area contributed by atoms with Crippen molar-refractivity contribution in [3.8, 4) is 23.0 Å². The average Bonchev–Trinajstić information content (AvgIpc) is 3.76. The van der Waals surface area contributed by atoms with E-state index in [0.29, 0.717) is 105 Å². The standard InChI is InChI=1S/C64H75N7O12S/c1-41(84-59-36-61(73)70(64(59)76)21-19-60(72)67-46-14-8-9-15-46)38-68(22-23-80-26-27-81-25-24-77-3)47-29-42(39-82-57-34-51(65-2)49(32-55(57)78-4)62(74)69-20-18-44-12-6-10-16-53(44)69)28-43(30-47)40-83-58-35-52-50(33-56(58)79-5)63(75)71-48(37-66-52)31-45-13-7-11-17-54(45)71/h6-7,10-13,16-17,28-30,32-35,41,46,48,59,66H,2,8-9,14-15,18-27,31,36-40H2,1,3-5H3,(H,67,72)/t41-,48-,59?/m0/s1. The normalized spacial score (nSPS) is 17.5. The Kier molecular flexibility index (Phi) is 19.7. The van der Waals surface area contributed by atoms with Crippen LogP contribution in [-0.2, 0) is 54.6 Å². The van der Waals surface area contributed by atoms with Crippen molar-refractivity contribution in [2.75, 3.05) is 107 Å². The highest BCUT2D eigenvalue weighted by Crippen LogP contribution is 2.42. The van der Waals surface area contributed by atoms with Gasteiger partial charge in [0.25, 0.3) is 11.8 Å². The zero-order chi connectivity index (χ0) is 58.7. The van der Waals surface area contributed by atoms with Crippen LogP contribution in [0.2, 0.25) is 0 Å². The molecular weight excluding hydrogens is 1090 g/mol. The summed E-state index contributed by atoms with van der Waals surface area (Å²) < 4.78 is 42.0. The second kappa shape index (κ2) is 27.8. The van der Waals surface area contributed by atoms with Crippen LogP contribution in [0.4, 0.5) is 28.4 Å². The third-order valence-corrected chi connectivity index (χ3v) is 17.3. The summed E-state index contributed by atoms with van der Waals surface area (Å²) in [7, 11) is 4.70. The minimum atomic E-state index is -0.609. The number of fused-ring (bicyclic) bond motifs is 5. The van der Waals surface area contributed by atoms with Crippen LogP contribution < -0.4 is 44.3 Å². The van der Waals surface area contributed by atoms with Crippen molar-refractivity contribution in [1.29, 1.82) is 0 Å². The second-order valence-electron chi connectivity index (χ2n) is 21.7. The number of likely N-dealkylation sites (tertiary alicyclic amines) is 1.